The average Bonchev–Trinajstić information content (AvgIpc) is 2.40. The van der Waals surface area contributed by atoms with Crippen molar-refractivity contribution >= 4 is 35.0 Å². The van der Waals surface area contributed by atoms with E-state index in [2.05, 4.69) is 20.9 Å². The van der Waals surface area contributed by atoms with E-state index in [1.165, 1.54) is 0 Å². The highest BCUT2D eigenvalue weighted by Crippen LogP contribution is 2.08. The first-order valence-electron chi connectivity index (χ1n) is 6.85. The highest BCUT2D eigenvalue weighted by atomic mass is 32.2. The normalized spacial score (nSPS) is 11.6. The number of thioether (sulfide) groups is 1. The van der Waals surface area contributed by atoms with Gasteiger partial charge in [0.1, 0.15) is 5.60 Å². The van der Waals surface area contributed by atoms with Gasteiger partial charge in [-0.3, -0.25) is 10.1 Å². The van der Waals surface area contributed by atoms with Crippen LogP contribution in [-0.4, -0.2) is 48.1 Å². The number of ether oxygens (including phenoxy) is 1. The molecule has 8 nitrogen and oxygen atoms in total. The zero-order valence-corrected chi connectivity index (χ0v) is 14.4. The molecule has 0 saturated carbocycles. The maximum Gasteiger partial charge on any atom is 0.436 e. The minimum Gasteiger partial charge on any atom is -0.442 e. The average molecular weight is 332 g/mol. The van der Waals surface area contributed by atoms with Crippen molar-refractivity contribution in [1.29, 1.82) is 0 Å². The van der Waals surface area contributed by atoms with Crippen molar-refractivity contribution in [3.63, 3.8) is 0 Å². The molecule has 0 fully saturated rings. The number of amidine groups is 1. The maximum absolute atomic E-state index is 11.6. The highest BCUT2D eigenvalue weighted by Gasteiger charge is 2.16. The number of aliphatic imine (C=N–C) groups is 1. The van der Waals surface area contributed by atoms with E-state index in [0.717, 1.165) is 11.8 Å². The molecule has 0 rings (SSSR count). The van der Waals surface area contributed by atoms with Gasteiger partial charge in [0.05, 0.1) is 0 Å². The van der Waals surface area contributed by atoms with Crippen molar-refractivity contribution < 1.29 is 19.1 Å². The minimum atomic E-state index is -0.771. The molecule has 0 saturated heterocycles. The lowest BCUT2D eigenvalue weighted by atomic mass is 10.2. The molecule has 0 aromatic rings. The summed E-state index contributed by atoms with van der Waals surface area (Å²) in [5.41, 5.74) is -0.649. The van der Waals surface area contributed by atoms with Crippen LogP contribution in [0.25, 0.3) is 0 Å². The summed E-state index contributed by atoms with van der Waals surface area (Å²) in [5.74, 6) is -0.0847. The molecule has 0 aromatic carbocycles. The monoisotopic (exact) mass is 332 g/mol. The van der Waals surface area contributed by atoms with Gasteiger partial charge in [0.25, 0.3) is 0 Å². The Kier molecular flexibility index (Phi) is 9.23. The Hall–Kier alpha value is -1.77. The molecule has 0 unspecified atom stereocenters. The van der Waals surface area contributed by atoms with E-state index < -0.39 is 17.7 Å². The van der Waals surface area contributed by atoms with E-state index in [-0.39, 0.29) is 17.6 Å². The second-order valence-electron chi connectivity index (χ2n) is 5.19. The van der Waals surface area contributed by atoms with Crippen LogP contribution in [0.4, 0.5) is 9.59 Å². The zero-order chi connectivity index (χ0) is 17.2. The zero-order valence-electron chi connectivity index (χ0n) is 13.6. The van der Waals surface area contributed by atoms with Gasteiger partial charge in [-0.05, 0) is 27.0 Å². The van der Waals surface area contributed by atoms with Gasteiger partial charge in [-0.2, -0.15) is 4.99 Å². The number of nitrogens with one attached hydrogen (secondary N) is 3. The Bertz CT molecular complexity index is 432. The molecular weight excluding hydrogens is 308 g/mol. The SMILES string of the molecule is CCC(=O)NCCNC(=O)NC(=NC(=O)OC(C)(C)C)SC. The second kappa shape index (κ2) is 10.0. The highest BCUT2D eigenvalue weighted by molar-refractivity contribution is 8.13. The van der Waals surface area contributed by atoms with Gasteiger partial charge in [-0.15, -0.1) is 0 Å². The fourth-order valence-electron chi connectivity index (χ4n) is 1.14. The lowest BCUT2D eigenvalue weighted by molar-refractivity contribution is -0.120. The number of carbonyl (C=O) groups excluding carboxylic acids is 3. The molecule has 0 atom stereocenters. The summed E-state index contributed by atoms with van der Waals surface area (Å²) in [6, 6.07) is -0.512. The van der Waals surface area contributed by atoms with Gasteiger partial charge in [0.15, 0.2) is 5.17 Å². The summed E-state index contributed by atoms with van der Waals surface area (Å²) in [5, 5.41) is 7.72. The molecule has 0 spiro atoms. The smallest absolute Gasteiger partial charge is 0.436 e. The van der Waals surface area contributed by atoms with Crippen molar-refractivity contribution in [3.8, 4) is 0 Å². The van der Waals surface area contributed by atoms with Crippen LogP contribution in [0.2, 0.25) is 0 Å². The number of hydrogen-bond acceptors (Lipinski definition) is 5. The summed E-state index contributed by atoms with van der Waals surface area (Å²) >= 11 is 1.11. The van der Waals surface area contributed by atoms with E-state index >= 15 is 0 Å². The largest absolute Gasteiger partial charge is 0.442 e. The molecule has 0 aliphatic heterocycles. The van der Waals surface area contributed by atoms with Crippen molar-refractivity contribution in [3.05, 3.63) is 0 Å². The van der Waals surface area contributed by atoms with E-state index in [1.54, 1.807) is 34.0 Å². The van der Waals surface area contributed by atoms with Crippen LogP contribution in [0.3, 0.4) is 0 Å². The van der Waals surface area contributed by atoms with Crippen LogP contribution >= 0.6 is 11.8 Å². The second-order valence-corrected chi connectivity index (χ2v) is 5.98. The molecule has 0 bridgehead atoms. The first-order valence-corrected chi connectivity index (χ1v) is 8.07. The number of hydrogen-bond donors (Lipinski definition) is 3. The molecule has 9 heteroatoms. The van der Waals surface area contributed by atoms with Crippen molar-refractivity contribution in [2.24, 2.45) is 4.99 Å². The van der Waals surface area contributed by atoms with Crippen LogP contribution in [-0.2, 0) is 9.53 Å². The van der Waals surface area contributed by atoms with Gasteiger partial charge in [0.2, 0.25) is 5.91 Å². The summed E-state index contributed by atoms with van der Waals surface area (Å²) in [6.45, 7) is 7.52. The van der Waals surface area contributed by atoms with Crippen molar-refractivity contribution in [2.75, 3.05) is 19.3 Å². The van der Waals surface area contributed by atoms with Crippen LogP contribution in [0.5, 0.6) is 0 Å². The van der Waals surface area contributed by atoms with Gasteiger partial charge in [-0.1, -0.05) is 18.7 Å². The summed E-state index contributed by atoms with van der Waals surface area (Å²) in [6.07, 6.45) is 1.29. The third-order valence-corrected chi connectivity index (χ3v) is 2.63. The molecule has 0 aliphatic carbocycles. The quantitative estimate of drug-likeness (QED) is 0.410. The molecule has 0 aromatic heterocycles. The third kappa shape index (κ3) is 11.0. The van der Waals surface area contributed by atoms with E-state index in [1.807, 2.05) is 0 Å². The van der Waals surface area contributed by atoms with Gasteiger partial charge in [0, 0.05) is 19.5 Å². The van der Waals surface area contributed by atoms with Crippen LogP contribution in [0.1, 0.15) is 34.1 Å². The van der Waals surface area contributed by atoms with E-state index in [4.69, 9.17) is 4.74 Å². The molecule has 126 valence electrons. The molecule has 0 radical (unpaired) electrons. The van der Waals surface area contributed by atoms with Crippen molar-refractivity contribution in [1.82, 2.24) is 16.0 Å². The standard InChI is InChI=1S/C13H24N4O4S/c1-6-9(18)14-7-8-15-10(19)16-11(22-5)17-12(20)21-13(2,3)4/h6-8H2,1-5H3,(H,14,18)(H2,15,16,17,19,20). The molecule has 3 N–H and O–H groups in total. The number of nitrogens with zero attached hydrogens (tertiary/aromatic N) is 1. The molecule has 0 aliphatic rings. The fraction of sp³-hybridized carbons (Fsp3) is 0.692. The fourth-order valence-corrected chi connectivity index (χ4v) is 1.50. The van der Waals surface area contributed by atoms with E-state index in [0.29, 0.717) is 13.0 Å². The Morgan fingerprint density at radius 2 is 1.73 bits per heavy atom. The Morgan fingerprint density at radius 3 is 2.23 bits per heavy atom. The summed E-state index contributed by atoms with van der Waals surface area (Å²) < 4.78 is 5.03. The molecule has 4 amide bonds. The number of rotatable bonds is 4. The van der Waals surface area contributed by atoms with Crippen LogP contribution in [0, 0.1) is 0 Å². The van der Waals surface area contributed by atoms with Gasteiger partial charge >= 0.3 is 12.1 Å². The van der Waals surface area contributed by atoms with Crippen LogP contribution < -0.4 is 16.0 Å². The van der Waals surface area contributed by atoms with Gasteiger partial charge < -0.3 is 15.4 Å². The lowest BCUT2D eigenvalue weighted by Gasteiger charge is -2.17. The minimum absolute atomic E-state index is 0.0847. The predicted octanol–water partition coefficient (Wildman–Crippen LogP) is 1.47. The Morgan fingerprint density at radius 1 is 1.14 bits per heavy atom. The maximum atomic E-state index is 11.6. The molecular formula is C13H24N4O4S. The third-order valence-electron chi connectivity index (χ3n) is 2.05. The molecule has 22 heavy (non-hydrogen) atoms. The first-order chi connectivity index (χ1) is 10.2. The lowest BCUT2D eigenvalue weighted by Crippen LogP contribution is -2.42. The molecule has 0 heterocycles. The Balaban J connectivity index is 4.23. The number of carbonyl (C=O) groups is 3. The van der Waals surface area contributed by atoms with Crippen molar-refractivity contribution in [2.45, 2.75) is 39.7 Å². The Labute approximate surface area is 134 Å². The van der Waals surface area contributed by atoms with Crippen LogP contribution in [0.15, 0.2) is 4.99 Å². The number of urea groups is 1. The van der Waals surface area contributed by atoms with Gasteiger partial charge in [-0.25, -0.2) is 9.59 Å². The topological polar surface area (TPSA) is 109 Å². The first kappa shape index (κ1) is 20.2. The summed E-state index contributed by atoms with van der Waals surface area (Å²) in [4.78, 5) is 37.8. The van der Waals surface area contributed by atoms with E-state index in [9.17, 15) is 14.4 Å². The predicted molar refractivity (Wildman–Crippen MR) is 87.0 cm³/mol. The summed E-state index contributed by atoms with van der Waals surface area (Å²) in [7, 11) is 0. The number of amides is 4.